The number of carbonyl (C=O) groups is 2. The molecule has 1 aliphatic rings. The van der Waals surface area contributed by atoms with Gasteiger partial charge in [-0.15, -0.1) is 5.10 Å². The highest BCUT2D eigenvalue weighted by Crippen LogP contribution is 2.17. The zero-order chi connectivity index (χ0) is 16.8. The molecular formula is C17H21N5O2. The van der Waals surface area contributed by atoms with Crippen LogP contribution in [0.15, 0.2) is 36.7 Å². The SMILES string of the molecule is O=C(CCNC(=O)c1ccccc1-n1ccnn1)NC1CCCC1. The summed E-state index contributed by atoms with van der Waals surface area (Å²) in [6.45, 7) is 0.309. The van der Waals surface area contributed by atoms with Crippen LogP contribution in [0.5, 0.6) is 0 Å². The van der Waals surface area contributed by atoms with E-state index in [9.17, 15) is 9.59 Å². The Morgan fingerprint density at radius 3 is 2.75 bits per heavy atom. The van der Waals surface area contributed by atoms with E-state index in [4.69, 9.17) is 0 Å². The second-order valence-electron chi connectivity index (χ2n) is 5.92. The molecule has 1 aromatic carbocycles. The van der Waals surface area contributed by atoms with Gasteiger partial charge in [0.2, 0.25) is 5.91 Å². The molecule has 24 heavy (non-hydrogen) atoms. The standard InChI is InChI=1S/C17H21N5O2/c23-16(20-13-5-1-2-6-13)9-10-18-17(24)14-7-3-4-8-15(14)22-12-11-19-21-22/h3-4,7-8,11-13H,1-2,5-6,9-10H2,(H,18,24)(H,20,23). The van der Waals surface area contributed by atoms with Crippen LogP contribution in [0, 0.1) is 0 Å². The maximum Gasteiger partial charge on any atom is 0.253 e. The van der Waals surface area contributed by atoms with Gasteiger partial charge >= 0.3 is 0 Å². The molecule has 1 saturated carbocycles. The number of carbonyl (C=O) groups excluding carboxylic acids is 2. The lowest BCUT2D eigenvalue weighted by Crippen LogP contribution is -2.35. The van der Waals surface area contributed by atoms with E-state index in [1.54, 1.807) is 35.3 Å². The largest absolute Gasteiger partial charge is 0.353 e. The summed E-state index contributed by atoms with van der Waals surface area (Å²) >= 11 is 0. The molecule has 2 N–H and O–H groups in total. The highest BCUT2D eigenvalue weighted by molar-refractivity contribution is 5.97. The van der Waals surface area contributed by atoms with Gasteiger partial charge in [-0.3, -0.25) is 9.59 Å². The number of hydrogen-bond donors (Lipinski definition) is 2. The van der Waals surface area contributed by atoms with E-state index in [0.29, 0.717) is 23.8 Å². The molecule has 0 radical (unpaired) electrons. The second-order valence-corrected chi connectivity index (χ2v) is 5.92. The molecule has 0 spiro atoms. The number of benzene rings is 1. The van der Waals surface area contributed by atoms with Crippen molar-refractivity contribution in [2.45, 2.75) is 38.1 Å². The number of para-hydroxylation sites is 1. The number of nitrogens with zero attached hydrogens (tertiary/aromatic N) is 3. The lowest BCUT2D eigenvalue weighted by molar-refractivity contribution is -0.121. The number of amides is 2. The molecule has 0 unspecified atom stereocenters. The lowest BCUT2D eigenvalue weighted by atomic mass is 10.1. The number of nitrogens with one attached hydrogen (secondary N) is 2. The monoisotopic (exact) mass is 327 g/mol. The Hall–Kier alpha value is -2.70. The Morgan fingerprint density at radius 2 is 2.00 bits per heavy atom. The predicted molar refractivity (Wildman–Crippen MR) is 88.7 cm³/mol. The van der Waals surface area contributed by atoms with Gasteiger partial charge in [0.15, 0.2) is 0 Å². The van der Waals surface area contributed by atoms with Crippen LogP contribution in [0.3, 0.4) is 0 Å². The average Bonchev–Trinajstić information content (AvgIpc) is 3.28. The summed E-state index contributed by atoms with van der Waals surface area (Å²) < 4.78 is 1.54. The Balaban J connectivity index is 1.53. The zero-order valence-corrected chi connectivity index (χ0v) is 13.4. The third-order valence-corrected chi connectivity index (χ3v) is 4.18. The van der Waals surface area contributed by atoms with Crippen molar-refractivity contribution in [1.29, 1.82) is 0 Å². The van der Waals surface area contributed by atoms with Gasteiger partial charge in [0, 0.05) is 19.0 Å². The van der Waals surface area contributed by atoms with Gasteiger partial charge in [0.25, 0.3) is 5.91 Å². The van der Waals surface area contributed by atoms with Crippen molar-refractivity contribution in [3.8, 4) is 5.69 Å². The summed E-state index contributed by atoms with van der Waals surface area (Å²) in [5, 5.41) is 13.5. The molecule has 126 valence electrons. The van der Waals surface area contributed by atoms with Crippen LogP contribution in [0.1, 0.15) is 42.5 Å². The zero-order valence-electron chi connectivity index (χ0n) is 13.4. The molecule has 1 heterocycles. The maximum atomic E-state index is 12.4. The highest BCUT2D eigenvalue weighted by Gasteiger charge is 2.17. The van der Waals surface area contributed by atoms with Crippen LogP contribution in [0.2, 0.25) is 0 Å². The topological polar surface area (TPSA) is 88.9 Å². The van der Waals surface area contributed by atoms with Crippen LogP contribution in [0.25, 0.3) is 5.69 Å². The minimum Gasteiger partial charge on any atom is -0.353 e. The summed E-state index contributed by atoms with van der Waals surface area (Å²) in [5.74, 6) is -0.235. The molecule has 7 nitrogen and oxygen atoms in total. The Labute approximate surface area is 140 Å². The molecule has 0 saturated heterocycles. The Morgan fingerprint density at radius 1 is 1.21 bits per heavy atom. The molecule has 1 aromatic heterocycles. The van der Waals surface area contributed by atoms with Crippen molar-refractivity contribution in [3.63, 3.8) is 0 Å². The molecule has 1 fully saturated rings. The van der Waals surface area contributed by atoms with Crippen molar-refractivity contribution in [3.05, 3.63) is 42.2 Å². The van der Waals surface area contributed by atoms with Crippen molar-refractivity contribution in [2.24, 2.45) is 0 Å². The molecule has 0 bridgehead atoms. The van der Waals surface area contributed by atoms with E-state index in [-0.39, 0.29) is 18.2 Å². The van der Waals surface area contributed by atoms with Gasteiger partial charge in [-0.05, 0) is 25.0 Å². The Bertz CT molecular complexity index is 693. The third-order valence-electron chi connectivity index (χ3n) is 4.18. The smallest absolute Gasteiger partial charge is 0.253 e. The average molecular weight is 327 g/mol. The molecule has 0 aliphatic heterocycles. The Kier molecular flexibility index (Phi) is 5.20. The number of hydrogen-bond acceptors (Lipinski definition) is 4. The maximum absolute atomic E-state index is 12.4. The first-order valence-corrected chi connectivity index (χ1v) is 8.27. The molecule has 0 atom stereocenters. The molecule has 2 aromatic rings. The van der Waals surface area contributed by atoms with Crippen LogP contribution in [-0.4, -0.2) is 39.4 Å². The van der Waals surface area contributed by atoms with Gasteiger partial charge in [-0.1, -0.05) is 30.2 Å². The van der Waals surface area contributed by atoms with Gasteiger partial charge in [-0.2, -0.15) is 0 Å². The lowest BCUT2D eigenvalue weighted by Gasteiger charge is -2.12. The molecule has 1 aliphatic carbocycles. The first kappa shape index (κ1) is 16.2. The quantitative estimate of drug-likeness (QED) is 0.840. The van der Waals surface area contributed by atoms with Crippen molar-refractivity contribution in [2.75, 3.05) is 6.54 Å². The van der Waals surface area contributed by atoms with Crippen LogP contribution >= 0.6 is 0 Å². The second kappa shape index (κ2) is 7.72. The first-order chi connectivity index (χ1) is 11.7. The summed E-state index contributed by atoms with van der Waals surface area (Å²) in [6.07, 6.45) is 8.01. The van der Waals surface area contributed by atoms with Gasteiger partial charge in [-0.25, -0.2) is 4.68 Å². The van der Waals surface area contributed by atoms with Crippen molar-refractivity contribution >= 4 is 11.8 Å². The molecule has 3 rings (SSSR count). The third kappa shape index (κ3) is 3.98. The van der Waals surface area contributed by atoms with Crippen LogP contribution in [-0.2, 0) is 4.79 Å². The summed E-state index contributed by atoms with van der Waals surface area (Å²) in [5.41, 5.74) is 1.15. The summed E-state index contributed by atoms with van der Waals surface area (Å²) in [4.78, 5) is 24.3. The van der Waals surface area contributed by atoms with E-state index >= 15 is 0 Å². The summed E-state index contributed by atoms with van der Waals surface area (Å²) in [7, 11) is 0. The van der Waals surface area contributed by atoms with Gasteiger partial charge in [0.05, 0.1) is 23.6 Å². The van der Waals surface area contributed by atoms with Gasteiger partial charge in [0.1, 0.15) is 0 Å². The minimum atomic E-state index is -0.227. The van der Waals surface area contributed by atoms with Crippen molar-refractivity contribution < 1.29 is 9.59 Å². The fourth-order valence-corrected chi connectivity index (χ4v) is 2.96. The van der Waals surface area contributed by atoms with Gasteiger partial charge < -0.3 is 10.6 Å². The van der Waals surface area contributed by atoms with Crippen LogP contribution in [0.4, 0.5) is 0 Å². The minimum absolute atomic E-state index is 0.00763. The van der Waals surface area contributed by atoms with E-state index < -0.39 is 0 Å². The molecule has 7 heteroatoms. The highest BCUT2D eigenvalue weighted by atomic mass is 16.2. The van der Waals surface area contributed by atoms with E-state index in [1.165, 1.54) is 12.8 Å². The first-order valence-electron chi connectivity index (χ1n) is 8.27. The molecular weight excluding hydrogens is 306 g/mol. The predicted octanol–water partition coefficient (Wildman–Crippen LogP) is 1.45. The summed E-state index contributed by atoms with van der Waals surface area (Å²) in [6, 6.07) is 7.47. The molecule has 2 amide bonds. The fourth-order valence-electron chi connectivity index (χ4n) is 2.96. The fraction of sp³-hybridized carbons (Fsp3) is 0.412. The normalized spacial score (nSPS) is 14.5. The van der Waals surface area contributed by atoms with Crippen molar-refractivity contribution in [1.82, 2.24) is 25.6 Å². The van der Waals surface area contributed by atoms with E-state index in [1.807, 2.05) is 6.07 Å². The number of rotatable bonds is 6. The van der Waals surface area contributed by atoms with Crippen LogP contribution < -0.4 is 10.6 Å². The number of aromatic nitrogens is 3. The van der Waals surface area contributed by atoms with E-state index in [2.05, 4.69) is 20.9 Å². The van der Waals surface area contributed by atoms with E-state index in [0.717, 1.165) is 12.8 Å².